The average Bonchev–Trinajstić information content (AvgIpc) is 2.93. The van der Waals surface area contributed by atoms with E-state index in [9.17, 15) is 4.79 Å². The lowest BCUT2D eigenvalue weighted by Crippen LogP contribution is -2.29. The molecule has 2 unspecified atom stereocenters. The molecule has 0 aromatic carbocycles. The molecule has 2 aliphatic heterocycles. The third-order valence-electron chi connectivity index (χ3n) is 4.29. The van der Waals surface area contributed by atoms with Crippen molar-refractivity contribution in [1.29, 1.82) is 0 Å². The highest BCUT2D eigenvalue weighted by Crippen LogP contribution is 2.32. The first-order valence-electron chi connectivity index (χ1n) is 6.64. The van der Waals surface area contributed by atoms with Crippen LogP contribution in [-0.4, -0.2) is 39.1 Å². The molecule has 1 aromatic rings. The summed E-state index contributed by atoms with van der Waals surface area (Å²) in [7, 11) is 2.12. The van der Waals surface area contributed by atoms with Crippen LogP contribution in [0.5, 0.6) is 0 Å². The van der Waals surface area contributed by atoms with Crippen LogP contribution in [0.25, 0.3) is 0 Å². The second kappa shape index (κ2) is 4.39. The van der Waals surface area contributed by atoms with Crippen molar-refractivity contribution < 1.29 is 9.90 Å². The van der Waals surface area contributed by atoms with Crippen molar-refractivity contribution in [3.8, 4) is 0 Å². The minimum absolute atomic E-state index is 0.253. The summed E-state index contributed by atoms with van der Waals surface area (Å²) in [4.78, 5) is 18.0. The molecule has 2 aliphatic rings. The van der Waals surface area contributed by atoms with Crippen LogP contribution >= 0.6 is 0 Å². The van der Waals surface area contributed by atoms with Gasteiger partial charge in [-0.25, -0.2) is 4.98 Å². The smallest absolute Gasteiger partial charge is 0.308 e. The third-order valence-corrected chi connectivity index (χ3v) is 4.29. The first kappa shape index (κ1) is 11.7. The highest BCUT2D eigenvalue weighted by molar-refractivity contribution is 5.70. The van der Waals surface area contributed by atoms with Crippen molar-refractivity contribution in [2.75, 3.05) is 13.6 Å². The van der Waals surface area contributed by atoms with Crippen molar-refractivity contribution in [1.82, 2.24) is 14.5 Å². The molecule has 0 amide bonds. The molecule has 0 radical (unpaired) electrons. The Bertz CT molecular complexity index is 469. The molecule has 5 nitrogen and oxygen atoms in total. The zero-order valence-electron chi connectivity index (χ0n) is 10.7. The van der Waals surface area contributed by atoms with E-state index >= 15 is 0 Å². The number of carboxylic acid groups (broad SMARTS) is 1. The number of rotatable bonds is 2. The molecule has 0 spiro atoms. The quantitative estimate of drug-likeness (QED) is 0.858. The number of hydrogen-bond acceptors (Lipinski definition) is 3. The fourth-order valence-electron chi connectivity index (χ4n) is 3.18. The van der Waals surface area contributed by atoms with Crippen LogP contribution in [0.3, 0.4) is 0 Å². The number of fused-ring (bicyclic) bond motifs is 1. The third kappa shape index (κ3) is 1.82. The number of carboxylic acids is 1. The van der Waals surface area contributed by atoms with Crippen molar-refractivity contribution in [2.24, 2.45) is 5.92 Å². The summed E-state index contributed by atoms with van der Waals surface area (Å²) in [6.45, 7) is 1.69. The molecule has 18 heavy (non-hydrogen) atoms. The molecule has 2 atom stereocenters. The molecule has 1 saturated heterocycles. The maximum absolute atomic E-state index is 11.1. The van der Waals surface area contributed by atoms with Gasteiger partial charge in [-0.2, -0.15) is 0 Å². The van der Waals surface area contributed by atoms with Gasteiger partial charge < -0.3 is 9.67 Å². The van der Waals surface area contributed by atoms with Crippen LogP contribution < -0.4 is 0 Å². The van der Waals surface area contributed by atoms with Crippen LogP contribution in [-0.2, 0) is 17.8 Å². The van der Waals surface area contributed by atoms with Gasteiger partial charge in [0.1, 0.15) is 5.82 Å². The minimum Gasteiger partial charge on any atom is -0.481 e. The molecule has 0 aliphatic carbocycles. The molecule has 5 heteroatoms. The Kier molecular flexibility index (Phi) is 2.86. The van der Waals surface area contributed by atoms with Crippen LogP contribution in [0.15, 0.2) is 6.20 Å². The van der Waals surface area contributed by atoms with E-state index in [1.54, 1.807) is 0 Å². The molecule has 3 heterocycles. The first-order chi connectivity index (χ1) is 8.66. The van der Waals surface area contributed by atoms with Gasteiger partial charge in [-0.1, -0.05) is 0 Å². The Labute approximate surface area is 106 Å². The SMILES string of the molecule is CN1CCCC1c1ncc2n1CC(C(=O)O)CC2. The summed E-state index contributed by atoms with van der Waals surface area (Å²) in [5.41, 5.74) is 1.20. The van der Waals surface area contributed by atoms with Crippen LogP contribution in [0, 0.1) is 5.92 Å². The molecule has 98 valence electrons. The molecule has 0 bridgehead atoms. The molecule has 1 aromatic heterocycles. The van der Waals surface area contributed by atoms with Crippen LogP contribution in [0.4, 0.5) is 0 Å². The van der Waals surface area contributed by atoms with E-state index in [2.05, 4.69) is 21.5 Å². The van der Waals surface area contributed by atoms with Crippen molar-refractivity contribution in [3.05, 3.63) is 17.7 Å². The van der Waals surface area contributed by atoms with Gasteiger partial charge in [-0.05, 0) is 39.3 Å². The Balaban J connectivity index is 1.90. The van der Waals surface area contributed by atoms with Crippen LogP contribution in [0.1, 0.15) is 36.8 Å². The van der Waals surface area contributed by atoms with E-state index in [1.165, 1.54) is 12.1 Å². The fourth-order valence-corrected chi connectivity index (χ4v) is 3.18. The Hall–Kier alpha value is -1.36. The van der Waals surface area contributed by atoms with Crippen molar-refractivity contribution in [3.63, 3.8) is 0 Å². The summed E-state index contributed by atoms with van der Waals surface area (Å²) in [5.74, 6) is 0.133. The zero-order valence-corrected chi connectivity index (χ0v) is 10.7. The topological polar surface area (TPSA) is 58.4 Å². The lowest BCUT2D eigenvalue weighted by atomic mass is 9.98. The number of likely N-dealkylation sites (tertiary alicyclic amines) is 1. The number of aromatic nitrogens is 2. The van der Waals surface area contributed by atoms with Gasteiger partial charge in [-0.15, -0.1) is 0 Å². The molecule has 1 N–H and O–H groups in total. The Morgan fingerprint density at radius 3 is 3.00 bits per heavy atom. The monoisotopic (exact) mass is 249 g/mol. The second-order valence-corrected chi connectivity index (χ2v) is 5.43. The number of nitrogens with zero attached hydrogens (tertiary/aromatic N) is 3. The molecule has 0 saturated carbocycles. The fraction of sp³-hybridized carbons (Fsp3) is 0.692. The molecular formula is C13H19N3O2. The number of hydrogen-bond donors (Lipinski definition) is 1. The van der Waals surface area contributed by atoms with Gasteiger partial charge >= 0.3 is 5.97 Å². The predicted molar refractivity (Wildman–Crippen MR) is 66.3 cm³/mol. The summed E-state index contributed by atoms with van der Waals surface area (Å²) in [6, 6.07) is 0.367. The van der Waals surface area contributed by atoms with E-state index in [4.69, 9.17) is 5.11 Å². The van der Waals surface area contributed by atoms with Gasteiger partial charge in [0, 0.05) is 18.4 Å². The summed E-state index contributed by atoms with van der Waals surface area (Å²) >= 11 is 0. The van der Waals surface area contributed by atoms with Gasteiger partial charge in [-0.3, -0.25) is 9.69 Å². The highest BCUT2D eigenvalue weighted by Gasteiger charge is 2.31. The number of aliphatic carboxylic acids is 1. The lowest BCUT2D eigenvalue weighted by molar-refractivity contribution is -0.142. The maximum atomic E-state index is 11.1. The van der Waals surface area contributed by atoms with E-state index in [0.29, 0.717) is 12.6 Å². The maximum Gasteiger partial charge on any atom is 0.308 e. The highest BCUT2D eigenvalue weighted by atomic mass is 16.4. The van der Waals surface area contributed by atoms with E-state index in [1.807, 2.05) is 6.20 Å². The van der Waals surface area contributed by atoms with Gasteiger partial charge in [0.2, 0.25) is 0 Å². The van der Waals surface area contributed by atoms with E-state index in [0.717, 1.165) is 31.6 Å². The van der Waals surface area contributed by atoms with Gasteiger partial charge in [0.15, 0.2) is 0 Å². The number of carbonyl (C=O) groups is 1. The predicted octanol–water partition coefficient (Wildman–Crippen LogP) is 1.30. The molecule has 3 rings (SSSR count). The lowest BCUT2D eigenvalue weighted by Gasteiger charge is -2.26. The van der Waals surface area contributed by atoms with E-state index < -0.39 is 5.97 Å². The number of aryl methyl sites for hydroxylation is 1. The van der Waals surface area contributed by atoms with Gasteiger partial charge in [0.25, 0.3) is 0 Å². The normalized spacial score (nSPS) is 28.3. The Morgan fingerprint density at radius 2 is 2.33 bits per heavy atom. The molecular weight excluding hydrogens is 230 g/mol. The Morgan fingerprint density at radius 1 is 1.50 bits per heavy atom. The standard InChI is InChI=1S/C13H19N3O2/c1-15-6-2-3-11(15)12-14-7-10-5-4-9(13(17)18)8-16(10)12/h7,9,11H,2-6,8H2,1H3,(H,17,18). The van der Waals surface area contributed by atoms with Gasteiger partial charge in [0.05, 0.1) is 12.0 Å². The zero-order chi connectivity index (χ0) is 12.7. The first-order valence-corrected chi connectivity index (χ1v) is 6.64. The van der Waals surface area contributed by atoms with Crippen LogP contribution in [0.2, 0.25) is 0 Å². The number of imidazole rings is 1. The molecule has 1 fully saturated rings. The summed E-state index contributed by atoms with van der Waals surface area (Å²) < 4.78 is 2.15. The second-order valence-electron chi connectivity index (χ2n) is 5.43. The average molecular weight is 249 g/mol. The van der Waals surface area contributed by atoms with E-state index in [-0.39, 0.29) is 5.92 Å². The van der Waals surface area contributed by atoms with Crippen molar-refractivity contribution in [2.45, 2.75) is 38.3 Å². The summed E-state index contributed by atoms with van der Waals surface area (Å²) in [5, 5.41) is 9.17. The minimum atomic E-state index is -0.680. The summed E-state index contributed by atoms with van der Waals surface area (Å²) in [6.07, 6.45) is 5.83. The largest absolute Gasteiger partial charge is 0.481 e. The van der Waals surface area contributed by atoms with Crippen molar-refractivity contribution >= 4 is 5.97 Å².